The van der Waals surface area contributed by atoms with Crippen LogP contribution in [0.2, 0.25) is 5.02 Å². The molecular formula is C16H10BrClN2O. The highest BCUT2D eigenvalue weighted by Gasteiger charge is 2.09. The summed E-state index contributed by atoms with van der Waals surface area (Å²) >= 11 is 9.12. The van der Waals surface area contributed by atoms with Crippen LogP contribution in [0.1, 0.15) is 5.56 Å². The number of benzene rings is 2. The smallest absolute Gasteiger partial charge is 0.266 e. The van der Waals surface area contributed by atoms with Gasteiger partial charge in [-0.3, -0.25) is 4.79 Å². The molecule has 1 N–H and O–H groups in total. The number of halogens is 2. The van der Waals surface area contributed by atoms with E-state index in [1.165, 1.54) is 6.08 Å². The third-order valence-corrected chi connectivity index (χ3v) is 3.37. The Morgan fingerprint density at radius 3 is 2.57 bits per heavy atom. The molecule has 0 atom stereocenters. The molecule has 0 aliphatic heterocycles. The first-order valence-corrected chi connectivity index (χ1v) is 7.20. The second kappa shape index (κ2) is 7.07. The topological polar surface area (TPSA) is 52.9 Å². The van der Waals surface area contributed by atoms with Gasteiger partial charge in [-0.2, -0.15) is 5.26 Å². The molecule has 0 aliphatic rings. The van der Waals surface area contributed by atoms with Gasteiger partial charge >= 0.3 is 0 Å². The van der Waals surface area contributed by atoms with E-state index in [0.717, 1.165) is 10.0 Å². The van der Waals surface area contributed by atoms with Crippen molar-refractivity contribution in [2.75, 3.05) is 5.32 Å². The molecule has 0 heterocycles. The summed E-state index contributed by atoms with van der Waals surface area (Å²) in [6.07, 6.45) is 1.52. The molecule has 0 fully saturated rings. The second-order valence-corrected chi connectivity index (χ2v) is 5.54. The summed E-state index contributed by atoms with van der Waals surface area (Å²) in [4.78, 5) is 12.1. The maximum Gasteiger partial charge on any atom is 0.266 e. The highest BCUT2D eigenvalue weighted by Crippen LogP contribution is 2.17. The zero-order valence-electron chi connectivity index (χ0n) is 10.8. The standard InChI is InChI=1S/C16H10BrClN2O/c17-13-2-1-3-15(9-13)20-16(21)12(10-19)8-11-4-6-14(18)7-5-11/h1-9H,(H,20,21)/b12-8+. The first kappa shape index (κ1) is 15.3. The molecule has 1 amide bonds. The molecule has 0 radical (unpaired) electrons. The fourth-order valence-corrected chi connectivity index (χ4v) is 2.16. The van der Waals surface area contributed by atoms with Gasteiger partial charge in [0.1, 0.15) is 11.6 Å². The number of amides is 1. The highest BCUT2D eigenvalue weighted by molar-refractivity contribution is 9.10. The van der Waals surface area contributed by atoms with Crippen LogP contribution in [0.3, 0.4) is 0 Å². The third-order valence-electron chi connectivity index (χ3n) is 2.63. The molecule has 0 spiro atoms. The Labute approximate surface area is 136 Å². The van der Waals surface area contributed by atoms with Gasteiger partial charge < -0.3 is 5.32 Å². The minimum Gasteiger partial charge on any atom is -0.321 e. The number of hydrogen-bond acceptors (Lipinski definition) is 2. The fourth-order valence-electron chi connectivity index (χ4n) is 1.64. The van der Waals surface area contributed by atoms with Crippen LogP contribution in [0.4, 0.5) is 5.69 Å². The van der Waals surface area contributed by atoms with Gasteiger partial charge in [-0.25, -0.2) is 0 Å². The van der Waals surface area contributed by atoms with Crippen LogP contribution in [-0.4, -0.2) is 5.91 Å². The third kappa shape index (κ3) is 4.45. The van der Waals surface area contributed by atoms with E-state index in [4.69, 9.17) is 16.9 Å². The van der Waals surface area contributed by atoms with Crippen molar-refractivity contribution in [1.82, 2.24) is 0 Å². The number of nitrogens with zero attached hydrogens (tertiary/aromatic N) is 1. The van der Waals surface area contributed by atoms with Gasteiger partial charge in [-0.15, -0.1) is 0 Å². The Balaban J connectivity index is 2.19. The number of nitrogens with one attached hydrogen (secondary N) is 1. The summed E-state index contributed by atoms with van der Waals surface area (Å²) in [7, 11) is 0. The zero-order valence-corrected chi connectivity index (χ0v) is 13.1. The van der Waals surface area contributed by atoms with E-state index >= 15 is 0 Å². The molecule has 2 aromatic carbocycles. The number of rotatable bonds is 3. The largest absolute Gasteiger partial charge is 0.321 e. The van der Waals surface area contributed by atoms with Crippen LogP contribution in [-0.2, 0) is 4.79 Å². The minimum absolute atomic E-state index is 0.0253. The van der Waals surface area contributed by atoms with Crippen LogP contribution in [0.25, 0.3) is 6.08 Å². The van der Waals surface area contributed by atoms with Crippen LogP contribution < -0.4 is 5.32 Å². The first-order valence-electron chi connectivity index (χ1n) is 6.03. The minimum atomic E-state index is -0.453. The number of carbonyl (C=O) groups excluding carboxylic acids is 1. The summed E-state index contributed by atoms with van der Waals surface area (Å²) in [5.41, 5.74) is 1.38. The van der Waals surface area contributed by atoms with Crippen molar-refractivity contribution in [3.8, 4) is 6.07 Å². The normalized spacial score (nSPS) is 10.8. The SMILES string of the molecule is N#C/C(=C\c1ccc(Cl)cc1)C(=O)Nc1cccc(Br)c1. The fraction of sp³-hybridized carbons (Fsp3) is 0. The van der Waals surface area contributed by atoms with Crippen molar-refractivity contribution in [3.63, 3.8) is 0 Å². The van der Waals surface area contributed by atoms with E-state index in [1.54, 1.807) is 42.5 Å². The predicted molar refractivity (Wildman–Crippen MR) is 87.8 cm³/mol. The van der Waals surface area contributed by atoms with Crippen LogP contribution in [0, 0.1) is 11.3 Å². The molecule has 2 rings (SSSR count). The van der Waals surface area contributed by atoms with Gasteiger partial charge in [0.05, 0.1) is 0 Å². The van der Waals surface area contributed by atoms with Crippen molar-refractivity contribution in [2.45, 2.75) is 0 Å². The summed E-state index contributed by atoms with van der Waals surface area (Å²) in [5, 5.41) is 12.4. The summed E-state index contributed by atoms with van der Waals surface area (Å²) < 4.78 is 0.848. The maximum atomic E-state index is 12.1. The van der Waals surface area contributed by atoms with Gasteiger partial charge in [0.15, 0.2) is 0 Å². The summed E-state index contributed by atoms with van der Waals surface area (Å²) in [6, 6.07) is 16.0. The highest BCUT2D eigenvalue weighted by atomic mass is 79.9. The van der Waals surface area contributed by atoms with Gasteiger partial charge in [-0.1, -0.05) is 45.7 Å². The Kier molecular flexibility index (Phi) is 5.15. The molecule has 0 saturated carbocycles. The van der Waals surface area contributed by atoms with Gasteiger partial charge in [0.2, 0.25) is 0 Å². The molecule has 0 aliphatic carbocycles. The Bertz CT molecular complexity index is 733. The van der Waals surface area contributed by atoms with Gasteiger partial charge in [-0.05, 0) is 42.0 Å². The predicted octanol–water partition coefficient (Wildman–Crippen LogP) is 4.65. The van der Waals surface area contributed by atoms with Crippen molar-refractivity contribution in [2.24, 2.45) is 0 Å². The molecule has 21 heavy (non-hydrogen) atoms. The van der Waals surface area contributed by atoms with E-state index in [-0.39, 0.29) is 5.57 Å². The van der Waals surface area contributed by atoms with Crippen molar-refractivity contribution < 1.29 is 4.79 Å². The maximum absolute atomic E-state index is 12.1. The quantitative estimate of drug-likeness (QED) is 0.639. The van der Waals surface area contributed by atoms with Crippen LogP contribution in [0.5, 0.6) is 0 Å². The monoisotopic (exact) mass is 360 g/mol. The Morgan fingerprint density at radius 1 is 1.24 bits per heavy atom. The van der Waals surface area contributed by atoms with E-state index < -0.39 is 5.91 Å². The summed E-state index contributed by atoms with van der Waals surface area (Å²) in [6.45, 7) is 0. The number of anilines is 1. The van der Waals surface area contributed by atoms with Crippen molar-refractivity contribution in [3.05, 3.63) is 69.2 Å². The van der Waals surface area contributed by atoms with E-state index in [1.807, 2.05) is 12.1 Å². The lowest BCUT2D eigenvalue weighted by Crippen LogP contribution is -2.13. The molecule has 0 aromatic heterocycles. The lowest BCUT2D eigenvalue weighted by atomic mass is 10.1. The average molecular weight is 362 g/mol. The van der Waals surface area contributed by atoms with Crippen molar-refractivity contribution >= 4 is 45.2 Å². The van der Waals surface area contributed by atoms with E-state index in [2.05, 4.69) is 21.2 Å². The lowest BCUT2D eigenvalue weighted by Gasteiger charge is -2.04. The average Bonchev–Trinajstić information content (AvgIpc) is 2.46. The molecule has 0 unspecified atom stereocenters. The lowest BCUT2D eigenvalue weighted by molar-refractivity contribution is -0.112. The molecule has 0 saturated heterocycles. The van der Waals surface area contributed by atoms with Crippen molar-refractivity contribution in [1.29, 1.82) is 5.26 Å². The molecule has 5 heteroatoms. The van der Waals surface area contributed by atoms with Crippen LogP contribution in [0.15, 0.2) is 58.6 Å². The van der Waals surface area contributed by atoms with E-state index in [9.17, 15) is 4.79 Å². The van der Waals surface area contributed by atoms with E-state index in [0.29, 0.717) is 10.7 Å². The molecule has 2 aromatic rings. The molecule has 0 bridgehead atoms. The molecule has 104 valence electrons. The molecular weight excluding hydrogens is 352 g/mol. The first-order chi connectivity index (χ1) is 10.1. The van der Waals surface area contributed by atoms with Gasteiger partial charge in [0, 0.05) is 15.2 Å². The Morgan fingerprint density at radius 2 is 1.95 bits per heavy atom. The second-order valence-electron chi connectivity index (χ2n) is 4.19. The van der Waals surface area contributed by atoms with Gasteiger partial charge in [0.25, 0.3) is 5.91 Å². The van der Waals surface area contributed by atoms with Crippen LogP contribution >= 0.6 is 27.5 Å². The number of hydrogen-bond donors (Lipinski definition) is 1. The number of carbonyl (C=O) groups is 1. The number of nitriles is 1. The summed E-state index contributed by atoms with van der Waals surface area (Å²) in [5.74, 6) is -0.453. The molecule has 3 nitrogen and oxygen atoms in total. The Hall–Kier alpha value is -2.09. The zero-order chi connectivity index (χ0) is 15.2.